The predicted octanol–water partition coefficient (Wildman–Crippen LogP) is 5.99. The Labute approximate surface area is 171 Å². The Balaban J connectivity index is 1.68. The lowest BCUT2D eigenvalue weighted by molar-refractivity contribution is 0.411. The molecule has 0 bridgehead atoms. The van der Waals surface area contributed by atoms with Crippen molar-refractivity contribution in [1.82, 2.24) is 4.98 Å². The number of amidine groups is 1. The Hall–Kier alpha value is -2.70. The summed E-state index contributed by atoms with van der Waals surface area (Å²) in [5, 5.41) is 19.6. The molecule has 142 valence electrons. The molecular formula is C21H17ClFN3OS. The number of nitrogens with one attached hydrogen (secondary N) is 1. The van der Waals surface area contributed by atoms with E-state index in [0.717, 1.165) is 16.1 Å². The zero-order valence-corrected chi connectivity index (χ0v) is 16.8. The van der Waals surface area contributed by atoms with Crippen LogP contribution in [0.1, 0.15) is 15.4 Å². The maximum absolute atomic E-state index is 13.5. The van der Waals surface area contributed by atoms with Crippen LogP contribution in [0, 0.1) is 25.1 Å². The summed E-state index contributed by atoms with van der Waals surface area (Å²) < 4.78 is 13.5. The van der Waals surface area contributed by atoms with Crippen molar-refractivity contribution in [1.29, 1.82) is 5.41 Å². The zero-order chi connectivity index (χ0) is 20.0. The van der Waals surface area contributed by atoms with Crippen molar-refractivity contribution in [2.75, 3.05) is 11.4 Å². The van der Waals surface area contributed by atoms with Gasteiger partial charge in [-0.1, -0.05) is 41.4 Å². The highest BCUT2D eigenvalue weighted by Crippen LogP contribution is 2.37. The van der Waals surface area contributed by atoms with Gasteiger partial charge in [-0.2, -0.15) is 0 Å². The van der Waals surface area contributed by atoms with Gasteiger partial charge in [0.15, 0.2) is 0 Å². The fourth-order valence-corrected chi connectivity index (χ4v) is 4.34. The molecule has 4 rings (SSSR count). The highest BCUT2D eigenvalue weighted by Gasteiger charge is 2.32. The van der Waals surface area contributed by atoms with E-state index in [0.29, 0.717) is 16.3 Å². The van der Waals surface area contributed by atoms with Gasteiger partial charge in [-0.3, -0.25) is 5.41 Å². The fraction of sp³-hybridized carbons (Fsp3) is 0.143. The van der Waals surface area contributed by atoms with Gasteiger partial charge in [-0.05, 0) is 32.0 Å². The second-order valence-corrected chi connectivity index (χ2v) is 8.26. The number of aliphatic hydroxyl groups excluding tert-OH is 1. The Morgan fingerprint density at radius 1 is 1.18 bits per heavy atom. The summed E-state index contributed by atoms with van der Waals surface area (Å²) in [7, 11) is 0. The molecule has 28 heavy (non-hydrogen) atoms. The van der Waals surface area contributed by atoms with Crippen molar-refractivity contribution >= 4 is 40.0 Å². The highest BCUT2D eigenvalue weighted by atomic mass is 35.5. The number of aliphatic hydroxyl groups is 1. The van der Waals surface area contributed by atoms with E-state index >= 15 is 0 Å². The van der Waals surface area contributed by atoms with Gasteiger partial charge in [-0.15, -0.1) is 11.3 Å². The number of nitrogens with zero attached hydrogens (tertiary/aromatic N) is 2. The monoisotopic (exact) mass is 413 g/mol. The van der Waals surface area contributed by atoms with Gasteiger partial charge in [0.2, 0.25) is 0 Å². The van der Waals surface area contributed by atoms with Crippen LogP contribution < -0.4 is 4.90 Å². The number of thiazole rings is 1. The van der Waals surface area contributed by atoms with Crippen LogP contribution in [0.25, 0.3) is 16.8 Å². The molecule has 4 nitrogen and oxygen atoms in total. The van der Waals surface area contributed by atoms with Crippen LogP contribution in [-0.4, -0.2) is 22.5 Å². The molecule has 2 heterocycles. The second-order valence-electron chi connectivity index (χ2n) is 6.64. The quantitative estimate of drug-likeness (QED) is 0.554. The van der Waals surface area contributed by atoms with Crippen LogP contribution in [0.4, 0.5) is 10.1 Å². The molecule has 0 saturated heterocycles. The Kier molecular flexibility index (Phi) is 4.69. The molecule has 0 radical (unpaired) electrons. The first-order valence-corrected chi connectivity index (χ1v) is 9.83. The third kappa shape index (κ3) is 3.19. The van der Waals surface area contributed by atoms with Gasteiger partial charge in [0.25, 0.3) is 0 Å². The molecule has 1 aromatic heterocycles. The van der Waals surface area contributed by atoms with Crippen LogP contribution in [0.5, 0.6) is 0 Å². The van der Waals surface area contributed by atoms with Gasteiger partial charge < -0.3 is 10.0 Å². The molecule has 0 saturated carbocycles. The number of hydrogen-bond donors (Lipinski definition) is 2. The van der Waals surface area contributed by atoms with Gasteiger partial charge >= 0.3 is 0 Å². The van der Waals surface area contributed by atoms with Crippen molar-refractivity contribution in [2.45, 2.75) is 13.8 Å². The highest BCUT2D eigenvalue weighted by molar-refractivity contribution is 7.13. The molecule has 0 amide bonds. The molecule has 2 N–H and O–H groups in total. The molecule has 0 fully saturated rings. The van der Waals surface area contributed by atoms with Crippen molar-refractivity contribution in [3.05, 3.63) is 74.5 Å². The van der Waals surface area contributed by atoms with Gasteiger partial charge in [0.1, 0.15) is 22.4 Å². The summed E-state index contributed by atoms with van der Waals surface area (Å²) in [6, 6.07) is 12.3. The first-order valence-electron chi connectivity index (χ1n) is 8.63. The van der Waals surface area contributed by atoms with E-state index in [4.69, 9.17) is 22.0 Å². The molecule has 0 unspecified atom stereocenters. The van der Waals surface area contributed by atoms with E-state index in [1.807, 2.05) is 38.1 Å². The molecule has 7 heteroatoms. The second kappa shape index (κ2) is 7.04. The lowest BCUT2D eigenvalue weighted by Gasteiger charge is -2.18. The van der Waals surface area contributed by atoms with Gasteiger partial charge in [0.05, 0.1) is 22.8 Å². The molecule has 1 aliphatic rings. The van der Waals surface area contributed by atoms with E-state index in [2.05, 4.69) is 0 Å². The third-order valence-electron chi connectivity index (χ3n) is 4.65. The predicted molar refractivity (Wildman–Crippen MR) is 113 cm³/mol. The number of aryl methyl sites for hydroxylation is 2. The maximum Gasteiger partial charge on any atom is 0.141 e. The van der Waals surface area contributed by atoms with Crippen molar-refractivity contribution in [3.63, 3.8) is 0 Å². The van der Waals surface area contributed by atoms with E-state index in [-0.39, 0.29) is 23.2 Å². The SMILES string of the molecule is Cc1ccc(-c2nc(C3=C(O)CN(c4ccc(F)c(Cl)c4)C3=N)sc2C)cc1. The van der Waals surface area contributed by atoms with Crippen molar-refractivity contribution in [3.8, 4) is 11.3 Å². The molecule has 2 aromatic carbocycles. The molecule has 0 atom stereocenters. The zero-order valence-electron chi connectivity index (χ0n) is 15.3. The van der Waals surface area contributed by atoms with Crippen molar-refractivity contribution < 1.29 is 9.50 Å². The average Bonchev–Trinajstić information content (AvgIpc) is 3.17. The lowest BCUT2D eigenvalue weighted by atomic mass is 10.1. The van der Waals surface area contributed by atoms with Crippen LogP contribution in [0.15, 0.2) is 48.2 Å². The summed E-state index contributed by atoms with van der Waals surface area (Å²) in [6.45, 7) is 4.13. The Morgan fingerprint density at radius 3 is 2.57 bits per heavy atom. The molecule has 3 aromatic rings. The number of aromatic nitrogens is 1. The van der Waals surface area contributed by atoms with E-state index in [1.54, 1.807) is 4.90 Å². The van der Waals surface area contributed by atoms with Crippen LogP contribution in [-0.2, 0) is 0 Å². The largest absolute Gasteiger partial charge is 0.510 e. The number of hydrogen-bond acceptors (Lipinski definition) is 4. The Bertz CT molecular complexity index is 1120. The molecule has 1 aliphatic heterocycles. The average molecular weight is 414 g/mol. The van der Waals surface area contributed by atoms with Crippen molar-refractivity contribution in [2.24, 2.45) is 0 Å². The normalized spacial score (nSPS) is 14.3. The first-order chi connectivity index (χ1) is 13.3. The lowest BCUT2D eigenvalue weighted by Crippen LogP contribution is -2.26. The van der Waals surface area contributed by atoms with Gasteiger partial charge in [0, 0.05) is 16.1 Å². The molecule has 0 spiro atoms. The maximum atomic E-state index is 13.5. The van der Waals surface area contributed by atoms with E-state index < -0.39 is 5.82 Å². The minimum Gasteiger partial charge on any atom is -0.510 e. The first kappa shape index (κ1) is 18.7. The summed E-state index contributed by atoms with van der Waals surface area (Å²) in [5.74, 6) is -0.342. The van der Waals surface area contributed by atoms with Crippen LogP contribution in [0.3, 0.4) is 0 Å². The third-order valence-corrected chi connectivity index (χ3v) is 5.93. The van der Waals surface area contributed by atoms with E-state index in [9.17, 15) is 9.50 Å². The minimum atomic E-state index is -0.521. The standard InChI is InChI=1S/C21H17ClFN3OS/c1-11-3-5-13(6-4-11)19-12(2)28-21(25-19)18-17(27)10-26(20(18)24)14-7-8-16(23)15(22)9-14/h3-9,24,27H,10H2,1-2H3. The molecular weight excluding hydrogens is 397 g/mol. The molecule has 0 aliphatic carbocycles. The smallest absolute Gasteiger partial charge is 0.141 e. The number of anilines is 1. The number of halogens is 2. The fourth-order valence-electron chi connectivity index (χ4n) is 3.16. The van der Waals surface area contributed by atoms with Crippen LogP contribution in [0.2, 0.25) is 5.02 Å². The summed E-state index contributed by atoms with van der Waals surface area (Å²) in [5.41, 5.74) is 3.95. The Morgan fingerprint density at radius 2 is 1.89 bits per heavy atom. The van der Waals surface area contributed by atoms with Crippen LogP contribution >= 0.6 is 22.9 Å². The summed E-state index contributed by atoms with van der Waals surface area (Å²) in [4.78, 5) is 7.29. The topological polar surface area (TPSA) is 60.2 Å². The number of rotatable bonds is 3. The summed E-state index contributed by atoms with van der Waals surface area (Å²) in [6.07, 6.45) is 0. The van der Waals surface area contributed by atoms with Gasteiger partial charge in [-0.25, -0.2) is 9.37 Å². The number of benzene rings is 2. The summed E-state index contributed by atoms with van der Waals surface area (Å²) >= 11 is 7.31. The minimum absolute atomic E-state index is 0.0232. The van der Waals surface area contributed by atoms with E-state index in [1.165, 1.54) is 35.1 Å².